The SMILES string of the molecule is CCNCc1cncc(-c2ncc3[nH]nc(-c4nc5nccc(-c6ccsc6)c5[nH]4)c3c2F)c1. The van der Waals surface area contributed by atoms with Crippen LogP contribution in [0.1, 0.15) is 12.5 Å². The van der Waals surface area contributed by atoms with Gasteiger partial charge in [-0.3, -0.25) is 15.1 Å². The smallest absolute Gasteiger partial charge is 0.178 e. The molecule has 0 atom stereocenters. The number of rotatable bonds is 6. The molecule has 3 N–H and O–H groups in total. The highest BCUT2D eigenvalue weighted by Crippen LogP contribution is 2.34. The van der Waals surface area contributed by atoms with Crippen LogP contribution >= 0.6 is 11.3 Å². The lowest BCUT2D eigenvalue weighted by molar-refractivity contribution is 0.638. The average molecular weight is 471 g/mol. The second-order valence-electron chi connectivity index (χ2n) is 7.80. The van der Waals surface area contributed by atoms with Crippen molar-refractivity contribution in [2.24, 2.45) is 0 Å². The number of fused-ring (bicyclic) bond motifs is 2. The standard InChI is InChI=1S/C24H19FN8S/c1-2-26-8-13-7-15(10-27-9-13)20-19(25)18-17(11-29-20)32-33-22(18)24-30-21-16(14-4-6-34-12-14)3-5-28-23(21)31-24/h3-7,9-12,26H,2,8H2,1H3,(H,32,33)(H,28,30,31). The third-order valence-corrected chi connectivity index (χ3v) is 6.32. The number of imidazole rings is 1. The molecule has 0 aromatic carbocycles. The number of halogens is 1. The van der Waals surface area contributed by atoms with Crippen LogP contribution in [0.5, 0.6) is 0 Å². The van der Waals surface area contributed by atoms with Crippen LogP contribution in [0.2, 0.25) is 0 Å². The molecule has 10 heteroatoms. The maximum atomic E-state index is 15.9. The van der Waals surface area contributed by atoms with E-state index in [2.05, 4.69) is 45.8 Å². The number of aromatic nitrogens is 7. The summed E-state index contributed by atoms with van der Waals surface area (Å²) < 4.78 is 15.9. The summed E-state index contributed by atoms with van der Waals surface area (Å²) in [6.45, 7) is 3.52. The van der Waals surface area contributed by atoms with Crippen LogP contribution in [0.25, 0.3) is 56.0 Å². The first-order chi connectivity index (χ1) is 16.7. The van der Waals surface area contributed by atoms with Crippen LogP contribution in [0.15, 0.2) is 53.7 Å². The van der Waals surface area contributed by atoms with Gasteiger partial charge < -0.3 is 10.3 Å². The third-order valence-electron chi connectivity index (χ3n) is 5.64. The van der Waals surface area contributed by atoms with Crippen molar-refractivity contribution >= 4 is 33.4 Å². The fourth-order valence-electron chi connectivity index (χ4n) is 4.01. The van der Waals surface area contributed by atoms with Gasteiger partial charge in [0.25, 0.3) is 0 Å². The molecule has 0 aliphatic carbocycles. The van der Waals surface area contributed by atoms with Gasteiger partial charge in [0.05, 0.1) is 22.6 Å². The number of hydrogen-bond acceptors (Lipinski definition) is 7. The number of pyridine rings is 3. The molecular weight excluding hydrogens is 451 g/mol. The minimum absolute atomic E-state index is 0.217. The van der Waals surface area contributed by atoms with E-state index < -0.39 is 5.82 Å². The lowest BCUT2D eigenvalue weighted by atomic mass is 10.1. The van der Waals surface area contributed by atoms with E-state index in [9.17, 15) is 0 Å². The molecule has 0 aliphatic rings. The van der Waals surface area contributed by atoms with Gasteiger partial charge in [0.1, 0.15) is 11.4 Å². The molecule has 8 nitrogen and oxygen atoms in total. The van der Waals surface area contributed by atoms with Crippen LogP contribution in [0, 0.1) is 5.82 Å². The van der Waals surface area contributed by atoms with Crippen LogP contribution in [-0.2, 0) is 6.54 Å². The zero-order valence-corrected chi connectivity index (χ0v) is 18.9. The van der Waals surface area contributed by atoms with Crippen LogP contribution in [0.4, 0.5) is 4.39 Å². The molecule has 0 radical (unpaired) electrons. The van der Waals surface area contributed by atoms with Crippen LogP contribution in [0.3, 0.4) is 0 Å². The van der Waals surface area contributed by atoms with Gasteiger partial charge in [0.2, 0.25) is 0 Å². The van der Waals surface area contributed by atoms with Gasteiger partial charge in [-0.05, 0) is 46.6 Å². The summed E-state index contributed by atoms with van der Waals surface area (Å²) in [4.78, 5) is 20.9. The molecule has 0 unspecified atom stereocenters. The molecule has 0 saturated heterocycles. The summed E-state index contributed by atoms with van der Waals surface area (Å²) in [6, 6.07) is 5.87. The normalized spacial score (nSPS) is 11.6. The lowest BCUT2D eigenvalue weighted by Gasteiger charge is -2.07. The summed E-state index contributed by atoms with van der Waals surface area (Å²) in [5.74, 6) is -0.0402. The molecule has 6 heterocycles. The van der Waals surface area contributed by atoms with Gasteiger partial charge in [-0.1, -0.05) is 6.92 Å². The average Bonchev–Trinajstić information content (AvgIpc) is 3.62. The summed E-state index contributed by atoms with van der Waals surface area (Å²) in [5.41, 5.74) is 6.02. The van der Waals surface area contributed by atoms with Crippen molar-refractivity contribution in [1.29, 1.82) is 0 Å². The molecule has 6 aromatic heterocycles. The number of hydrogen-bond donors (Lipinski definition) is 3. The number of nitrogens with one attached hydrogen (secondary N) is 3. The van der Waals surface area contributed by atoms with E-state index in [4.69, 9.17) is 0 Å². The van der Waals surface area contributed by atoms with Crippen molar-refractivity contribution in [2.45, 2.75) is 13.5 Å². The predicted octanol–water partition coefficient (Wildman–Crippen LogP) is 4.94. The summed E-state index contributed by atoms with van der Waals surface area (Å²) in [5, 5.41) is 14.9. The Morgan fingerprint density at radius 1 is 1.09 bits per heavy atom. The van der Waals surface area contributed by atoms with Gasteiger partial charge in [0, 0.05) is 36.3 Å². The molecule has 34 heavy (non-hydrogen) atoms. The van der Waals surface area contributed by atoms with Crippen molar-refractivity contribution < 1.29 is 4.39 Å². The highest BCUT2D eigenvalue weighted by Gasteiger charge is 2.21. The van der Waals surface area contributed by atoms with E-state index in [0.29, 0.717) is 40.2 Å². The quantitative estimate of drug-likeness (QED) is 0.318. The Hall–Kier alpha value is -4.02. The Labute approximate surface area is 197 Å². The first kappa shape index (κ1) is 20.6. The van der Waals surface area contributed by atoms with Gasteiger partial charge >= 0.3 is 0 Å². The van der Waals surface area contributed by atoms with E-state index in [-0.39, 0.29) is 5.69 Å². The first-order valence-corrected chi connectivity index (χ1v) is 11.7. The minimum Gasteiger partial charge on any atom is -0.335 e. The van der Waals surface area contributed by atoms with E-state index in [1.807, 2.05) is 30.5 Å². The summed E-state index contributed by atoms with van der Waals surface area (Å²) >= 11 is 1.62. The predicted molar refractivity (Wildman–Crippen MR) is 131 cm³/mol. The maximum Gasteiger partial charge on any atom is 0.178 e. The number of aromatic amines is 2. The highest BCUT2D eigenvalue weighted by molar-refractivity contribution is 7.08. The summed E-state index contributed by atoms with van der Waals surface area (Å²) in [6.07, 6.45) is 6.68. The summed E-state index contributed by atoms with van der Waals surface area (Å²) in [7, 11) is 0. The third kappa shape index (κ3) is 3.44. The number of H-pyrrole nitrogens is 2. The highest BCUT2D eigenvalue weighted by atomic mass is 32.1. The van der Waals surface area contributed by atoms with Crippen molar-refractivity contribution in [3.05, 3.63) is 65.1 Å². The molecule has 6 rings (SSSR count). The van der Waals surface area contributed by atoms with Crippen molar-refractivity contribution in [3.8, 4) is 33.9 Å². The Balaban J connectivity index is 1.48. The number of nitrogens with zero attached hydrogens (tertiary/aromatic N) is 5. The molecule has 0 fully saturated rings. The van der Waals surface area contributed by atoms with Gasteiger partial charge in [-0.2, -0.15) is 16.4 Å². The Morgan fingerprint density at radius 3 is 2.88 bits per heavy atom. The fourth-order valence-corrected chi connectivity index (χ4v) is 4.67. The molecule has 0 spiro atoms. The van der Waals surface area contributed by atoms with E-state index in [0.717, 1.165) is 28.8 Å². The molecule has 0 saturated carbocycles. The molecular formula is C24H19FN8S. The number of thiophene rings is 1. The van der Waals surface area contributed by atoms with Crippen LogP contribution < -0.4 is 5.32 Å². The largest absolute Gasteiger partial charge is 0.335 e. The Kier molecular flexibility index (Phi) is 5.08. The van der Waals surface area contributed by atoms with E-state index in [1.54, 1.807) is 36.1 Å². The topological polar surface area (TPSA) is 108 Å². The van der Waals surface area contributed by atoms with Crippen molar-refractivity contribution in [3.63, 3.8) is 0 Å². The molecule has 0 bridgehead atoms. The van der Waals surface area contributed by atoms with Crippen molar-refractivity contribution in [1.82, 2.24) is 40.4 Å². The first-order valence-electron chi connectivity index (χ1n) is 10.8. The monoisotopic (exact) mass is 470 g/mol. The lowest BCUT2D eigenvalue weighted by Crippen LogP contribution is -2.11. The molecule has 6 aromatic rings. The van der Waals surface area contributed by atoms with Gasteiger partial charge in [0.15, 0.2) is 17.3 Å². The van der Waals surface area contributed by atoms with Gasteiger partial charge in [-0.25, -0.2) is 14.4 Å². The van der Waals surface area contributed by atoms with Crippen molar-refractivity contribution in [2.75, 3.05) is 6.54 Å². The molecule has 168 valence electrons. The fraction of sp³-hybridized carbons (Fsp3) is 0.125. The van der Waals surface area contributed by atoms with Gasteiger partial charge in [-0.15, -0.1) is 0 Å². The van der Waals surface area contributed by atoms with E-state index >= 15 is 4.39 Å². The maximum absolute atomic E-state index is 15.9. The Morgan fingerprint density at radius 2 is 2.03 bits per heavy atom. The Bertz CT molecular complexity index is 1620. The molecule has 0 amide bonds. The van der Waals surface area contributed by atoms with Crippen LogP contribution in [-0.4, -0.2) is 41.7 Å². The second-order valence-corrected chi connectivity index (χ2v) is 8.58. The minimum atomic E-state index is -0.477. The molecule has 0 aliphatic heterocycles. The zero-order valence-electron chi connectivity index (χ0n) is 18.1. The zero-order chi connectivity index (χ0) is 23.1. The second kappa shape index (κ2) is 8.40. The van der Waals surface area contributed by atoms with E-state index in [1.165, 1.54) is 0 Å².